The van der Waals surface area contributed by atoms with Crippen molar-refractivity contribution >= 4 is 32.7 Å². The molecule has 138 valence electrons. The standard InChI is InChI=1S/C20H17NO5S/c1-20(2)17-12-15(8-10-18(17)21-19(22)25-20)26-27(23,24)16-9-7-13-5-3-4-6-14(13)11-16/h3-12H,1-2H3,(H,21,22). The van der Waals surface area contributed by atoms with Gasteiger partial charge in [-0.1, -0.05) is 30.3 Å². The van der Waals surface area contributed by atoms with Crippen LogP contribution in [-0.2, 0) is 20.5 Å². The Balaban J connectivity index is 1.69. The molecule has 1 N–H and O–H groups in total. The fraction of sp³-hybridized carbons (Fsp3) is 0.150. The zero-order valence-electron chi connectivity index (χ0n) is 14.7. The molecule has 0 fully saturated rings. The normalized spacial score (nSPS) is 15.6. The van der Waals surface area contributed by atoms with E-state index in [0.717, 1.165) is 10.8 Å². The van der Waals surface area contributed by atoms with Gasteiger partial charge in [0.2, 0.25) is 0 Å². The van der Waals surface area contributed by atoms with E-state index in [1.165, 1.54) is 12.1 Å². The smallest absolute Gasteiger partial charge is 0.412 e. The summed E-state index contributed by atoms with van der Waals surface area (Å²) in [6, 6.07) is 17.0. The number of hydrogen-bond donors (Lipinski definition) is 1. The lowest BCUT2D eigenvalue weighted by molar-refractivity contribution is 0.0419. The molecule has 3 aromatic rings. The topological polar surface area (TPSA) is 81.7 Å². The van der Waals surface area contributed by atoms with Gasteiger partial charge in [0, 0.05) is 5.56 Å². The van der Waals surface area contributed by atoms with Crippen molar-refractivity contribution in [1.29, 1.82) is 0 Å². The molecule has 0 aliphatic carbocycles. The maximum atomic E-state index is 12.7. The molecule has 0 atom stereocenters. The van der Waals surface area contributed by atoms with E-state index < -0.39 is 21.8 Å². The number of benzene rings is 3. The van der Waals surface area contributed by atoms with Crippen LogP contribution in [0, 0.1) is 0 Å². The SMILES string of the molecule is CC1(C)OC(=O)Nc2ccc(OS(=O)(=O)c3ccc4ccccc4c3)cc21. The maximum absolute atomic E-state index is 12.7. The number of rotatable bonds is 3. The molecule has 0 unspecified atom stereocenters. The summed E-state index contributed by atoms with van der Waals surface area (Å²) in [4.78, 5) is 11.7. The van der Waals surface area contributed by atoms with Gasteiger partial charge in [0.1, 0.15) is 16.2 Å². The second kappa shape index (κ2) is 5.99. The van der Waals surface area contributed by atoms with Crippen LogP contribution in [0.1, 0.15) is 19.4 Å². The Morgan fingerprint density at radius 1 is 0.963 bits per heavy atom. The van der Waals surface area contributed by atoms with Gasteiger partial charge in [0.25, 0.3) is 0 Å². The number of anilines is 1. The van der Waals surface area contributed by atoms with E-state index in [9.17, 15) is 13.2 Å². The van der Waals surface area contributed by atoms with Gasteiger partial charge in [-0.2, -0.15) is 8.42 Å². The van der Waals surface area contributed by atoms with Gasteiger partial charge >= 0.3 is 16.2 Å². The van der Waals surface area contributed by atoms with Gasteiger partial charge in [-0.25, -0.2) is 4.79 Å². The molecule has 0 radical (unpaired) electrons. The maximum Gasteiger partial charge on any atom is 0.412 e. The molecular formula is C20H17NO5S. The van der Waals surface area contributed by atoms with E-state index in [-0.39, 0.29) is 10.6 Å². The number of cyclic esters (lactones) is 1. The predicted octanol–water partition coefficient (Wildman–Crippen LogP) is 4.40. The highest BCUT2D eigenvalue weighted by Gasteiger charge is 2.34. The van der Waals surface area contributed by atoms with E-state index in [2.05, 4.69) is 5.32 Å². The molecule has 0 aromatic heterocycles. The van der Waals surface area contributed by atoms with Crippen LogP contribution in [0.4, 0.5) is 10.5 Å². The van der Waals surface area contributed by atoms with Crippen molar-refractivity contribution in [3.63, 3.8) is 0 Å². The zero-order chi connectivity index (χ0) is 19.2. The lowest BCUT2D eigenvalue weighted by Crippen LogP contribution is -2.34. The minimum Gasteiger partial charge on any atom is -0.438 e. The average molecular weight is 383 g/mol. The van der Waals surface area contributed by atoms with E-state index in [1.54, 1.807) is 38.1 Å². The Bertz CT molecular complexity index is 1170. The van der Waals surface area contributed by atoms with Crippen LogP contribution in [-0.4, -0.2) is 14.5 Å². The second-order valence-corrected chi connectivity index (χ2v) is 8.32. The summed E-state index contributed by atoms with van der Waals surface area (Å²) in [6.07, 6.45) is -0.551. The van der Waals surface area contributed by atoms with E-state index in [1.807, 2.05) is 24.3 Å². The third-order valence-corrected chi connectivity index (χ3v) is 5.68. The van der Waals surface area contributed by atoms with Crippen LogP contribution in [0.3, 0.4) is 0 Å². The number of hydrogen-bond acceptors (Lipinski definition) is 5. The highest BCUT2D eigenvalue weighted by Crippen LogP contribution is 2.38. The fourth-order valence-electron chi connectivity index (χ4n) is 3.10. The summed E-state index contributed by atoms with van der Waals surface area (Å²) in [7, 11) is -4.01. The van der Waals surface area contributed by atoms with Crippen molar-refractivity contribution in [3.05, 3.63) is 66.2 Å². The number of carbonyl (C=O) groups is 1. The first-order valence-corrected chi connectivity index (χ1v) is 9.73. The van der Waals surface area contributed by atoms with E-state index in [0.29, 0.717) is 11.3 Å². The van der Waals surface area contributed by atoms with E-state index >= 15 is 0 Å². The van der Waals surface area contributed by atoms with Crippen LogP contribution in [0.2, 0.25) is 0 Å². The van der Waals surface area contributed by atoms with Crippen molar-refractivity contribution in [1.82, 2.24) is 0 Å². The van der Waals surface area contributed by atoms with Crippen LogP contribution in [0.25, 0.3) is 10.8 Å². The van der Waals surface area contributed by atoms with Crippen molar-refractivity contribution in [3.8, 4) is 5.75 Å². The third kappa shape index (κ3) is 3.21. The molecule has 3 aromatic carbocycles. The Morgan fingerprint density at radius 2 is 1.70 bits per heavy atom. The molecule has 0 saturated heterocycles. The van der Waals surface area contributed by atoms with Crippen molar-refractivity contribution < 1.29 is 22.1 Å². The summed E-state index contributed by atoms with van der Waals surface area (Å²) in [5, 5.41) is 4.35. The van der Waals surface area contributed by atoms with Crippen LogP contribution in [0.15, 0.2) is 65.6 Å². The Kier molecular flexibility index (Phi) is 3.85. The molecular weight excluding hydrogens is 366 g/mol. The number of carbonyl (C=O) groups excluding carboxylic acids is 1. The first-order valence-electron chi connectivity index (χ1n) is 8.32. The van der Waals surface area contributed by atoms with Crippen LogP contribution >= 0.6 is 0 Å². The number of nitrogens with one attached hydrogen (secondary N) is 1. The molecule has 1 amide bonds. The summed E-state index contributed by atoms with van der Waals surface area (Å²) < 4.78 is 36.0. The molecule has 27 heavy (non-hydrogen) atoms. The van der Waals surface area contributed by atoms with Crippen molar-refractivity contribution in [2.45, 2.75) is 24.3 Å². The minimum absolute atomic E-state index is 0.0720. The summed E-state index contributed by atoms with van der Waals surface area (Å²) in [5.41, 5.74) is 0.295. The first kappa shape index (κ1) is 17.4. The van der Waals surface area contributed by atoms with Gasteiger partial charge in [0.15, 0.2) is 0 Å². The van der Waals surface area contributed by atoms with Gasteiger partial charge in [0.05, 0.1) is 5.69 Å². The quantitative estimate of drug-likeness (QED) is 0.678. The van der Waals surface area contributed by atoms with Crippen molar-refractivity contribution in [2.75, 3.05) is 5.32 Å². The Hall–Kier alpha value is -3.06. The molecule has 1 aliphatic rings. The number of ether oxygens (including phenoxy) is 1. The zero-order valence-corrected chi connectivity index (χ0v) is 15.5. The highest BCUT2D eigenvalue weighted by molar-refractivity contribution is 7.87. The number of amides is 1. The molecule has 1 aliphatic heterocycles. The van der Waals surface area contributed by atoms with Crippen molar-refractivity contribution in [2.24, 2.45) is 0 Å². The van der Waals surface area contributed by atoms with Gasteiger partial charge in [-0.05, 0) is 55.0 Å². The van der Waals surface area contributed by atoms with Gasteiger partial charge in [-0.3, -0.25) is 5.32 Å². The molecule has 0 spiro atoms. The fourth-order valence-corrected chi connectivity index (χ4v) is 4.06. The minimum atomic E-state index is -4.01. The third-order valence-electron chi connectivity index (χ3n) is 4.44. The lowest BCUT2D eigenvalue weighted by Gasteiger charge is -2.32. The van der Waals surface area contributed by atoms with Gasteiger partial charge < -0.3 is 8.92 Å². The predicted molar refractivity (Wildman–Crippen MR) is 101 cm³/mol. The molecule has 1 heterocycles. The number of fused-ring (bicyclic) bond motifs is 2. The summed E-state index contributed by atoms with van der Waals surface area (Å²) in [6.45, 7) is 3.46. The van der Waals surface area contributed by atoms with Crippen LogP contribution < -0.4 is 9.50 Å². The molecule has 4 rings (SSSR count). The molecule has 7 heteroatoms. The molecule has 0 saturated carbocycles. The monoisotopic (exact) mass is 383 g/mol. The lowest BCUT2D eigenvalue weighted by atomic mass is 9.95. The second-order valence-electron chi connectivity index (χ2n) is 6.78. The Morgan fingerprint density at radius 3 is 2.48 bits per heavy atom. The summed E-state index contributed by atoms with van der Waals surface area (Å²) >= 11 is 0. The largest absolute Gasteiger partial charge is 0.438 e. The van der Waals surface area contributed by atoms with E-state index in [4.69, 9.17) is 8.92 Å². The molecule has 6 nitrogen and oxygen atoms in total. The molecule has 0 bridgehead atoms. The average Bonchev–Trinajstić information content (AvgIpc) is 2.61. The summed E-state index contributed by atoms with van der Waals surface area (Å²) in [5.74, 6) is 0.148. The Labute approximate surface area is 156 Å². The van der Waals surface area contributed by atoms with Crippen LogP contribution in [0.5, 0.6) is 5.75 Å². The first-order chi connectivity index (χ1) is 12.7. The highest BCUT2D eigenvalue weighted by atomic mass is 32.2. The van der Waals surface area contributed by atoms with Gasteiger partial charge in [-0.15, -0.1) is 0 Å².